The SMILES string of the molecule is CC1CC(C)(C)CC1Nc1ccccc1CC(N)=O. The Bertz CT molecular complexity index is 468. The predicted molar refractivity (Wildman–Crippen MR) is 78.9 cm³/mol. The zero-order valence-corrected chi connectivity index (χ0v) is 12.1. The summed E-state index contributed by atoms with van der Waals surface area (Å²) in [6.45, 7) is 6.93. The van der Waals surface area contributed by atoms with Crippen LogP contribution >= 0.6 is 0 Å². The predicted octanol–water partition coefficient (Wildman–Crippen LogP) is 2.95. The number of anilines is 1. The standard InChI is InChI=1S/C16H24N2O/c1-11-9-16(2,3)10-14(11)18-13-7-5-4-6-12(13)8-15(17)19/h4-7,11,14,18H,8-10H2,1-3H3,(H2,17,19). The van der Waals surface area contributed by atoms with Crippen molar-refractivity contribution in [1.82, 2.24) is 0 Å². The molecule has 0 saturated heterocycles. The van der Waals surface area contributed by atoms with E-state index in [-0.39, 0.29) is 5.91 Å². The van der Waals surface area contributed by atoms with Gasteiger partial charge in [-0.2, -0.15) is 0 Å². The van der Waals surface area contributed by atoms with Gasteiger partial charge in [-0.3, -0.25) is 4.79 Å². The normalized spacial score (nSPS) is 25.2. The van der Waals surface area contributed by atoms with E-state index >= 15 is 0 Å². The smallest absolute Gasteiger partial charge is 0.221 e. The van der Waals surface area contributed by atoms with Gasteiger partial charge in [-0.15, -0.1) is 0 Å². The molecule has 0 aliphatic heterocycles. The second-order valence-corrected chi connectivity index (χ2v) is 6.60. The molecular weight excluding hydrogens is 236 g/mol. The van der Waals surface area contributed by atoms with E-state index in [0.29, 0.717) is 23.8 Å². The van der Waals surface area contributed by atoms with Crippen LogP contribution in [0.4, 0.5) is 5.69 Å². The van der Waals surface area contributed by atoms with Crippen molar-refractivity contribution >= 4 is 11.6 Å². The van der Waals surface area contributed by atoms with E-state index in [4.69, 9.17) is 5.73 Å². The molecule has 1 amide bonds. The lowest BCUT2D eigenvalue weighted by atomic mass is 9.91. The van der Waals surface area contributed by atoms with E-state index in [0.717, 1.165) is 11.3 Å². The quantitative estimate of drug-likeness (QED) is 0.874. The molecule has 2 atom stereocenters. The van der Waals surface area contributed by atoms with Crippen molar-refractivity contribution in [2.24, 2.45) is 17.1 Å². The summed E-state index contributed by atoms with van der Waals surface area (Å²) in [7, 11) is 0. The largest absolute Gasteiger partial charge is 0.382 e. The van der Waals surface area contributed by atoms with Crippen LogP contribution in [0.25, 0.3) is 0 Å². The number of rotatable bonds is 4. The van der Waals surface area contributed by atoms with Crippen molar-refractivity contribution in [3.05, 3.63) is 29.8 Å². The van der Waals surface area contributed by atoms with Crippen molar-refractivity contribution in [1.29, 1.82) is 0 Å². The Labute approximate surface area is 115 Å². The minimum Gasteiger partial charge on any atom is -0.382 e. The average Bonchev–Trinajstić information content (AvgIpc) is 2.54. The molecule has 2 unspecified atom stereocenters. The van der Waals surface area contributed by atoms with Crippen molar-refractivity contribution in [3.8, 4) is 0 Å². The fraction of sp³-hybridized carbons (Fsp3) is 0.562. The number of benzene rings is 1. The first-order valence-corrected chi connectivity index (χ1v) is 7.00. The highest BCUT2D eigenvalue weighted by Crippen LogP contribution is 2.42. The molecule has 3 nitrogen and oxygen atoms in total. The molecule has 1 aromatic rings. The van der Waals surface area contributed by atoms with E-state index in [1.54, 1.807) is 0 Å². The number of carbonyl (C=O) groups is 1. The number of nitrogens with one attached hydrogen (secondary N) is 1. The third-order valence-electron chi connectivity index (χ3n) is 4.06. The topological polar surface area (TPSA) is 55.1 Å². The molecule has 0 aromatic heterocycles. The number of para-hydroxylation sites is 1. The van der Waals surface area contributed by atoms with Gasteiger partial charge >= 0.3 is 0 Å². The van der Waals surface area contributed by atoms with Gasteiger partial charge in [0.25, 0.3) is 0 Å². The Balaban J connectivity index is 2.13. The molecule has 0 spiro atoms. The molecule has 0 bridgehead atoms. The fourth-order valence-electron chi connectivity index (χ4n) is 3.29. The van der Waals surface area contributed by atoms with Gasteiger partial charge in [0.1, 0.15) is 0 Å². The molecule has 0 radical (unpaired) electrons. The molecular formula is C16H24N2O. The number of nitrogens with two attached hydrogens (primary N) is 1. The number of amides is 1. The van der Waals surface area contributed by atoms with Crippen LogP contribution in [-0.4, -0.2) is 11.9 Å². The Morgan fingerprint density at radius 1 is 1.37 bits per heavy atom. The average molecular weight is 260 g/mol. The molecule has 3 heteroatoms. The first-order chi connectivity index (χ1) is 8.87. The zero-order valence-electron chi connectivity index (χ0n) is 12.1. The van der Waals surface area contributed by atoms with Gasteiger partial charge in [0.15, 0.2) is 0 Å². The Morgan fingerprint density at radius 2 is 2.05 bits per heavy atom. The van der Waals surface area contributed by atoms with Crippen LogP contribution < -0.4 is 11.1 Å². The summed E-state index contributed by atoms with van der Waals surface area (Å²) in [4.78, 5) is 11.1. The van der Waals surface area contributed by atoms with Crippen LogP contribution in [0, 0.1) is 11.3 Å². The summed E-state index contributed by atoms with van der Waals surface area (Å²) in [6, 6.07) is 8.43. The van der Waals surface area contributed by atoms with Gasteiger partial charge in [-0.1, -0.05) is 39.0 Å². The molecule has 2 rings (SSSR count). The summed E-state index contributed by atoms with van der Waals surface area (Å²) in [6.07, 6.45) is 2.70. The summed E-state index contributed by atoms with van der Waals surface area (Å²) in [5.74, 6) is 0.366. The number of carbonyl (C=O) groups excluding carboxylic acids is 1. The molecule has 19 heavy (non-hydrogen) atoms. The van der Waals surface area contributed by atoms with E-state index in [9.17, 15) is 4.79 Å². The zero-order chi connectivity index (χ0) is 14.0. The van der Waals surface area contributed by atoms with Crippen LogP contribution in [0.2, 0.25) is 0 Å². The van der Waals surface area contributed by atoms with Crippen LogP contribution in [0.5, 0.6) is 0 Å². The lowest BCUT2D eigenvalue weighted by Gasteiger charge is -2.21. The van der Waals surface area contributed by atoms with Gasteiger partial charge in [0.05, 0.1) is 6.42 Å². The second-order valence-electron chi connectivity index (χ2n) is 6.60. The van der Waals surface area contributed by atoms with Crippen LogP contribution in [0.3, 0.4) is 0 Å². The van der Waals surface area contributed by atoms with Crippen LogP contribution in [0.1, 0.15) is 39.2 Å². The highest BCUT2D eigenvalue weighted by atomic mass is 16.1. The molecule has 3 N–H and O–H groups in total. The summed E-state index contributed by atoms with van der Waals surface area (Å²) in [5, 5.41) is 3.61. The number of primary amides is 1. The van der Waals surface area contributed by atoms with E-state index in [1.807, 2.05) is 24.3 Å². The van der Waals surface area contributed by atoms with Gasteiger partial charge in [-0.25, -0.2) is 0 Å². The first-order valence-electron chi connectivity index (χ1n) is 7.00. The minimum atomic E-state index is -0.283. The van der Waals surface area contributed by atoms with Gasteiger partial charge < -0.3 is 11.1 Å². The maximum absolute atomic E-state index is 11.1. The van der Waals surface area contributed by atoms with E-state index < -0.39 is 0 Å². The highest BCUT2D eigenvalue weighted by Gasteiger charge is 2.36. The second kappa shape index (κ2) is 5.24. The lowest BCUT2D eigenvalue weighted by molar-refractivity contribution is -0.117. The molecule has 1 aliphatic carbocycles. The van der Waals surface area contributed by atoms with Crippen molar-refractivity contribution < 1.29 is 4.79 Å². The molecule has 1 aromatic carbocycles. The Morgan fingerprint density at radius 3 is 2.63 bits per heavy atom. The Hall–Kier alpha value is -1.51. The number of hydrogen-bond acceptors (Lipinski definition) is 2. The minimum absolute atomic E-state index is 0.283. The summed E-state index contributed by atoms with van der Waals surface area (Å²) >= 11 is 0. The third-order valence-corrected chi connectivity index (χ3v) is 4.06. The molecule has 1 fully saturated rings. The lowest BCUT2D eigenvalue weighted by Crippen LogP contribution is -2.24. The molecule has 0 heterocycles. The third kappa shape index (κ3) is 3.49. The van der Waals surface area contributed by atoms with Crippen molar-refractivity contribution in [3.63, 3.8) is 0 Å². The first kappa shape index (κ1) is 13.9. The van der Waals surface area contributed by atoms with Gasteiger partial charge in [-0.05, 0) is 35.8 Å². The maximum atomic E-state index is 11.1. The molecule has 1 saturated carbocycles. The van der Waals surface area contributed by atoms with Crippen LogP contribution in [-0.2, 0) is 11.2 Å². The van der Waals surface area contributed by atoms with Crippen molar-refractivity contribution in [2.45, 2.75) is 46.1 Å². The van der Waals surface area contributed by atoms with Gasteiger partial charge in [0.2, 0.25) is 5.91 Å². The van der Waals surface area contributed by atoms with E-state index in [1.165, 1.54) is 12.8 Å². The highest BCUT2D eigenvalue weighted by molar-refractivity contribution is 5.78. The number of hydrogen-bond donors (Lipinski definition) is 2. The van der Waals surface area contributed by atoms with E-state index in [2.05, 4.69) is 26.1 Å². The molecule has 1 aliphatic rings. The summed E-state index contributed by atoms with van der Waals surface area (Å²) < 4.78 is 0. The summed E-state index contributed by atoms with van der Waals surface area (Å²) in [5.41, 5.74) is 7.75. The Kier molecular flexibility index (Phi) is 3.83. The molecule has 104 valence electrons. The fourth-order valence-corrected chi connectivity index (χ4v) is 3.29. The maximum Gasteiger partial charge on any atom is 0.221 e. The van der Waals surface area contributed by atoms with Crippen molar-refractivity contribution in [2.75, 3.05) is 5.32 Å². The van der Waals surface area contributed by atoms with Gasteiger partial charge in [0, 0.05) is 11.7 Å². The van der Waals surface area contributed by atoms with Crippen LogP contribution in [0.15, 0.2) is 24.3 Å². The monoisotopic (exact) mass is 260 g/mol.